The summed E-state index contributed by atoms with van der Waals surface area (Å²) >= 11 is 0. The number of nitrogens with zero attached hydrogens (tertiary/aromatic N) is 1. The Balaban J connectivity index is 1.49. The predicted octanol–water partition coefficient (Wildman–Crippen LogP) is 3.81. The molecule has 1 N–H and O–H groups in total. The Labute approximate surface area is 184 Å². The van der Waals surface area contributed by atoms with Crippen LogP contribution >= 0.6 is 0 Å². The summed E-state index contributed by atoms with van der Waals surface area (Å²) in [6, 6.07) is 14.5. The van der Waals surface area contributed by atoms with Crippen LogP contribution in [0.4, 0.5) is 0 Å². The standard InChI is InChI=1S/C24H30N2O4S/c1-17-10-12-19(13-11-17)31(28,29)26-14-6-7-18(16-26)23(27)25-21-15-24(2,3)30-22-9-5-4-8-20(21)22/h4-5,8-13,18,21H,6-7,14-16H2,1-3H3,(H,25,27)/t18-,21-/m0/s1. The summed E-state index contributed by atoms with van der Waals surface area (Å²) in [6.07, 6.45) is 2.01. The minimum atomic E-state index is -3.61. The number of hydrogen-bond donors (Lipinski definition) is 1. The third kappa shape index (κ3) is 4.62. The summed E-state index contributed by atoms with van der Waals surface area (Å²) in [5.41, 5.74) is 1.59. The van der Waals surface area contributed by atoms with E-state index in [-0.39, 0.29) is 34.9 Å². The fourth-order valence-electron chi connectivity index (χ4n) is 4.45. The molecule has 31 heavy (non-hydrogen) atoms. The van der Waals surface area contributed by atoms with Crippen LogP contribution in [0.15, 0.2) is 53.4 Å². The van der Waals surface area contributed by atoms with Crippen LogP contribution in [-0.4, -0.2) is 37.3 Å². The van der Waals surface area contributed by atoms with Crippen LogP contribution in [0.1, 0.15) is 50.3 Å². The molecule has 0 radical (unpaired) electrons. The summed E-state index contributed by atoms with van der Waals surface area (Å²) in [5.74, 6) is 0.324. The smallest absolute Gasteiger partial charge is 0.243 e. The van der Waals surface area contributed by atoms with Crippen molar-refractivity contribution < 1.29 is 17.9 Å². The highest BCUT2D eigenvalue weighted by Crippen LogP contribution is 2.39. The lowest BCUT2D eigenvalue weighted by Gasteiger charge is -2.39. The molecule has 1 fully saturated rings. The summed E-state index contributed by atoms with van der Waals surface area (Å²) in [4.78, 5) is 13.4. The zero-order chi connectivity index (χ0) is 22.2. The summed E-state index contributed by atoms with van der Waals surface area (Å²) in [6.45, 7) is 6.59. The third-order valence-corrected chi connectivity index (χ3v) is 7.99. The maximum Gasteiger partial charge on any atom is 0.243 e. The molecule has 0 spiro atoms. The first-order chi connectivity index (χ1) is 14.7. The maximum atomic E-state index is 13.2. The number of rotatable bonds is 4. The number of benzene rings is 2. The van der Waals surface area contributed by atoms with E-state index < -0.39 is 10.0 Å². The first kappa shape index (κ1) is 21.8. The van der Waals surface area contributed by atoms with Gasteiger partial charge in [-0.2, -0.15) is 4.31 Å². The van der Waals surface area contributed by atoms with Gasteiger partial charge in [0.05, 0.1) is 16.9 Å². The molecule has 2 heterocycles. The summed E-state index contributed by atoms with van der Waals surface area (Å²) in [7, 11) is -3.61. The average molecular weight is 443 g/mol. The average Bonchev–Trinajstić information content (AvgIpc) is 2.73. The molecule has 0 bridgehead atoms. The number of nitrogens with one attached hydrogen (secondary N) is 1. The monoisotopic (exact) mass is 442 g/mol. The number of aryl methyl sites for hydroxylation is 1. The van der Waals surface area contributed by atoms with E-state index in [0.717, 1.165) is 16.9 Å². The Morgan fingerprint density at radius 2 is 1.84 bits per heavy atom. The van der Waals surface area contributed by atoms with Crippen molar-refractivity contribution in [3.8, 4) is 5.75 Å². The highest BCUT2D eigenvalue weighted by molar-refractivity contribution is 7.89. The zero-order valence-corrected chi connectivity index (χ0v) is 19.1. The highest BCUT2D eigenvalue weighted by atomic mass is 32.2. The number of sulfonamides is 1. The molecule has 7 heteroatoms. The van der Waals surface area contributed by atoms with Crippen molar-refractivity contribution in [1.29, 1.82) is 0 Å². The highest BCUT2D eigenvalue weighted by Gasteiger charge is 2.37. The second-order valence-electron chi connectivity index (χ2n) is 9.18. The molecule has 4 rings (SSSR count). The lowest BCUT2D eigenvalue weighted by atomic mass is 9.89. The molecule has 2 aromatic rings. The number of hydrogen-bond acceptors (Lipinski definition) is 4. The van der Waals surface area contributed by atoms with Gasteiger partial charge in [0.15, 0.2) is 0 Å². The van der Waals surface area contributed by atoms with Gasteiger partial charge in [0.1, 0.15) is 11.4 Å². The van der Waals surface area contributed by atoms with Crippen molar-refractivity contribution in [2.45, 2.75) is 56.6 Å². The first-order valence-corrected chi connectivity index (χ1v) is 12.2. The SMILES string of the molecule is Cc1ccc(S(=O)(=O)N2CCC[C@H](C(=O)N[C@H]3CC(C)(C)Oc4ccccc43)C2)cc1. The van der Waals surface area contributed by atoms with Crippen molar-refractivity contribution in [2.75, 3.05) is 13.1 Å². The number of amides is 1. The lowest BCUT2D eigenvalue weighted by Crippen LogP contribution is -2.47. The van der Waals surface area contributed by atoms with Gasteiger partial charge in [-0.3, -0.25) is 4.79 Å². The molecular formula is C24H30N2O4S. The Hall–Kier alpha value is -2.38. The maximum absolute atomic E-state index is 13.2. The molecule has 2 aromatic carbocycles. The lowest BCUT2D eigenvalue weighted by molar-refractivity contribution is -0.127. The molecule has 2 atom stereocenters. The Bertz CT molecular complexity index is 1060. The molecule has 166 valence electrons. The van der Waals surface area contributed by atoms with E-state index in [9.17, 15) is 13.2 Å². The van der Waals surface area contributed by atoms with Gasteiger partial charge in [0.2, 0.25) is 15.9 Å². The normalized spacial score (nSPS) is 23.5. The van der Waals surface area contributed by atoms with Gasteiger partial charge in [0, 0.05) is 25.1 Å². The Morgan fingerprint density at radius 3 is 2.58 bits per heavy atom. The number of para-hydroxylation sites is 1. The molecule has 0 unspecified atom stereocenters. The van der Waals surface area contributed by atoms with Crippen LogP contribution in [-0.2, 0) is 14.8 Å². The van der Waals surface area contributed by atoms with Crippen LogP contribution < -0.4 is 10.1 Å². The Morgan fingerprint density at radius 1 is 1.13 bits per heavy atom. The molecule has 0 aromatic heterocycles. The minimum absolute atomic E-state index is 0.0960. The van der Waals surface area contributed by atoms with E-state index in [1.54, 1.807) is 24.3 Å². The van der Waals surface area contributed by atoms with E-state index in [4.69, 9.17) is 4.74 Å². The van der Waals surface area contributed by atoms with Gasteiger partial charge in [0.25, 0.3) is 0 Å². The number of ether oxygens (including phenoxy) is 1. The van der Waals surface area contributed by atoms with Crippen LogP contribution in [0.25, 0.3) is 0 Å². The van der Waals surface area contributed by atoms with Gasteiger partial charge in [-0.15, -0.1) is 0 Å². The molecular weight excluding hydrogens is 412 g/mol. The van der Waals surface area contributed by atoms with Crippen LogP contribution in [0.2, 0.25) is 0 Å². The van der Waals surface area contributed by atoms with Gasteiger partial charge in [-0.05, 0) is 51.8 Å². The van der Waals surface area contributed by atoms with Crippen molar-refractivity contribution >= 4 is 15.9 Å². The van der Waals surface area contributed by atoms with E-state index in [0.29, 0.717) is 25.8 Å². The Kier molecular flexibility index (Phi) is 5.83. The molecule has 2 aliphatic heterocycles. The molecule has 1 amide bonds. The number of carbonyl (C=O) groups excluding carboxylic acids is 1. The fraction of sp³-hybridized carbons (Fsp3) is 0.458. The molecule has 1 saturated heterocycles. The third-order valence-electron chi connectivity index (χ3n) is 6.11. The van der Waals surface area contributed by atoms with Crippen molar-refractivity contribution in [1.82, 2.24) is 9.62 Å². The van der Waals surface area contributed by atoms with Gasteiger partial charge < -0.3 is 10.1 Å². The number of carbonyl (C=O) groups is 1. The van der Waals surface area contributed by atoms with E-state index in [1.807, 2.05) is 45.0 Å². The molecule has 0 saturated carbocycles. The largest absolute Gasteiger partial charge is 0.487 e. The summed E-state index contributed by atoms with van der Waals surface area (Å²) in [5, 5.41) is 3.18. The molecule has 6 nitrogen and oxygen atoms in total. The topological polar surface area (TPSA) is 75.7 Å². The van der Waals surface area contributed by atoms with E-state index >= 15 is 0 Å². The van der Waals surface area contributed by atoms with Gasteiger partial charge >= 0.3 is 0 Å². The fourth-order valence-corrected chi connectivity index (χ4v) is 5.98. The zero-order valence-electron chi connectivity index (χ0n) is 18.3. The van der Waals surface area contributed by atoms with Crippen molar-refractivity contribution in [3.63, 3.8) is 0 Å². The second-order valence-corrected chi connectivity index (χ2v) is 11.1. The summed E-state index contributed by atoms with van der Waals surface area (Å²) < 4.78 is 33.7. The minimum Gasteiger partial charge on any atom is -0.487 e. The van der Waals surface area contributed by atoms with Crippen LogP contribution in [0.3, 0.4) is 0 Å². The van der Waals surface area contributed by atoms with Gasteiger partial charge in [-0.25, -0.2) is 8.42 Å². The number of piperidine rings is 1. The van der Waals surface area contributed by atoms with Gasteiger partial charge in [-0.1, -0.05) is 35.9 Å². The quantitative estimate of drug-likeness (QED) is 0.781. The van der Waals surface area contributed by atoms with Crippen LogP contribution in [0, 0.1) is 12.8 Å². The van der Waals surface area contributed by atoms with E-state index in [1.165, 1.54) is 4.31 Å². The first-order valence-electron chi connectivity index (χ1n) is 10.8. The molecule has 2 aliphatic rings. The van der Waals surface area contributed by atoms with Crippen LogP contribution in [0.5, 0.6) is 5.75 Å². The van der Waals surface area contributed by atoms with Crippen molar-refractivity contribution in [2.24, 2.45) is 5.92 Å². The molecule has 0 aliphatic carbocycles. The second kappa shape index (κ2) is 8.28. The number of fused-ring (bicyclic) bond motifs is 1. The van der Waals surface area contributed by atoms with Crippen molar-refractivity contribution in [3.05, 3.63) is 59.7 Å². The van der Waals surface area contributed by atoms with E-state index in [2.05, 4.69) is 5.32 Å². The predicted molar refractivity (Wildman–Crippen MR) is 119 cm³/mol.